The molecule has 4 rings (SSSR count). The second-order valence-electron chi connectivity index (χ2n) is 5.39. The van der Waals surface area contributed by atoms with E-state index in [2.05, 4.69) is 20.2 Å². The first-order valence-corrected chi connectivity index (χ1v) is 7.35. The fourth-order valence-electron chi connectivity index (χ4n) is 2.57. The van der Waals surface area contributed by atoms with Crippen LogP contribution in [-0.4, -0.2) is 29.5 Å². The molecule has 0 aliphatic carbocycles. The number of aryl methyl sites for hydroxylation is 1. The molecule has 0 atom stereocenters. The largest absolute Gasteiger partial charge is 0.368 e. The average molecular weight is 323 g/mol. The van der Waals surface area contributed by atoms with Crippen LogP contribution < -0.4 is 5.73 Å². The molecule has 3 aromatic heterocycles. The number of hydrogen-bond acceptors (Lipinski definition) is 5. The lowest BCUT2D eigenvalue weighted by Crippen LogP contribution is -2.04. The van der Waals surface area contributed by atoms with Crippen molar-refractivity contribution in [2.24, 2.45) is 7.05 Å². The van der Waals surface area contributed by atoms with Gasteiger partial charge in [-0.25, -0.2) is 18.7 Å². The van der Waals surface area contributed by atoms with Crippen molar-refractivity contribution in [2.75, 3.05) is 5.73 Å². The predicted molar refractivity (Wildman–Crippen MR) is 87.4 cm³/mol. The Bertz CT molecular complexity index is 1010. The van der Waals surface area contributed by atoms with Gasteiger partial charge < -0.3 is 5.73 Å². The van der Waals surface area contributed by atoms with Crippen molar-refractivity contribution in [3.63, 3.8) is 0 Å². The second-order valence-corrected chi connectivity index (χ2v) is 5.39. The zero-order chi connectivity index (χ0) is 16.7. The SMILES string of the molecule is Cn1nc(-c2nn(Cc3ccccc3F)c3ncccc23)nc1N. The molecule has 0 aliphatic heterocycles. The molecule has 0 spiro atoms. The van der Waals surface area contributed by atoms with Crippen molar-refractivity contribution in [1.29, 1.82) is 0 Å². The topological polar surface area (TPSA) is 87.4 Å². The van der Waals surface area contributed by atoms with Crippen LogP contribution in [0, 0.1) is 5.82 Å². The molecule has 120 valence electrons. The molecule has 7 nitrogen and oxygen atoms in total. The van der Waals surface area contributed by atoms with Crippen LogP contribution in [0.4, 0.5) is 10.3 Å². The third-order valence-corrected chi connectivity index (χ3v) is 3.79. The summed E-state index contributed by atoms with van der Waals surface area (Å²) in [5, 5.41) is 9.61. The van der Waals surface area contributed by atoms with E-state index in [9.17, 15) is 4.39 Å². The summed E-state index contributed by atoms with van der Waals surface area (Å²) < 4.78 is 17.1. The van der Waals surface area contributed by atoms with E-state index in [1.165, 1.54) is 10.7 Å². The van der Waals surface area contributed by atoms with Gasteiger partial charge in [0.15, 0.2) is 5.65 Å². The van der Waals surface area contributed by atoms with Crippen LogP contribution >= 0.6 is 0 Å². The smallest absolute Gasteiger partial charge is 0.218 e. The Morgan fingerprint density at radius 1 is 1.12 bits per heavy atom. The number of nitrogens with zero attached hydrogens (tertiary/aromatic N) is 6. The van der Waals surface area contributed by atoms with Crippen LogP contribution in [-0.2, 0) is 13.6 Å². The maximum atomic E-state index is 14.0. The summed E-state index contributed by atoms with van der Waals surface area (Å²) in [6.07, 6.45) is 1.67. The number of pyridine rings is 1. The highest BCUT2D eigenvalue weighted by Crippen LogP contribution is 2.25. The van der Waals surface area contributed by atoms with E-state index >= 15 is 0 Å². The van der Waals surface area contributed by atoms with Crippen LogP contribution in [0.1, 0.15) is 5.56 Å². The van der Waals surface area contributed by atoms with Gasteiger partial charge in [-0.05, 0) is 18.2 Å². The molecule has 3 heterocycles. The lowest BCUT2D eigenvalue weighted by molar-refractivity contribution is 0.589. The van der Waals surface area contributed by atoms with Gasteiger partial charge in [0.05, 0.1) is 11.9 Å². The van der Waals surface area contributed by atoms with E-state index in [-0.39, 0.29) is 12.4 Å². The van der Waals surface area contributed by atoms with Gasteiger partial charge in [0.25, 0.3) is 0 Å². The summed E-state index contributed by atoms with van der Waals surface area (Å²) in [6.45, 7) is 0.266. The number of nitrogen functional groups attached to an aromatic ring is 1. The van der Waals surface area contributed by atoms with Crippen molar-refractivity contribution in [3.8, 4) is 11.5 Å². The van der Waals surface area contributed by atoms with Crippen molar-refractivity contribution >= 4 is 17.0 Å². The zero-order valence-corrected chi connectivity index (χ0v) is 12.9. The molecule has 0 radical (unpaired) electrons. The van der Waals surface area contributed by atoms with Gasteiger partial charge in [0, 0.05) is 18.8 Å². The van der Waals surface area contributed by atoms with E-state index in [0.29, 0.717) is 28.7 Å². The quantitative estimate of drug-likeness (QED) is 0.623. The molecule has 8 heteroatoms. The molecule has 0 saturated heterocycles. The first-order chi connectivity index (χ1) is 11.6. The first-order valence-electron chi connectivity index (χ1n) is 7.35. The minimum atomic E-state index is -0.279. The first kappa shape index (κ1) is 14.3. The Morgan fingerprint density at radius 3 is 2.71 bits per heavy atom. The van der Waals surface area contributed by atoms with E-state index < -0.39 is 0 Å². The minimum Gasteiger partial charge on any atom is -0.368 e. The van der Waals surface area contributed by atoms with E-state index in [1.54, 1.807) is 36.1 Å². The molecule has 2 N–H and O–H groups in total. The highest BCUT2D eigenvalue weighted by molar-refractivity contribution is 5.89. The van der Waals surface area contributed by atoms with Gasteiger partial charge in [0.2, 0.25) is 11.8 Å². The van der Waals surface area contributed by atoms with Gasteiger partial charge in [-0.2, -0.15) is 10.1 Å². The molecular weight excluding hydrogens is 309 g/mol. The maximum absolute atomic E-state index is 14.0. The monoisotopic (exact) mass is 323 g/mol. The molecule has 1 aromatic carbocycles. The number of fused-ring (bicyclic) bond motifs is 1. The number of rotatable bonds is 3. The molecule has 24 heavy (non-hydrogen) atoms. The Morgan fingerprint density at radius 2 is 1.96 bits per heavy atom. The molecule has 0 bridgehead atoms. The lowest BCUT2D eigenvalue weighted by atomic mass is 10.2. The van der Waals surface area contributed by atoms with Gasteiger partial charge >= 0.3 is 0 Å². The molecular formula is C16H14FN7. The van der Waals surface area contributed by atoms with Crippen LogP contribution in [0.3, 0.4) is 0 Å². The molecule has 4 aromatic rings. The molecule has 0 aliphatic rings. The third-order valence-electron chi connectivity index (χ3n) is 3.79. The van der Waals surface area contributed by atoms with Crippen LogP contribution in [0.2, 0.25) is 0 Å². The Kier molecular flexibility index (Phi) is 3.23. The van der Waals surface area contributed by atoms with Crippen LogP contribution in [0.5, 0.6) is 0 Å². The third kappa shape index (κ3) is 2.28. The average Bonchev–Trinajstić information content (AvgIpc) is 3.11. The van der Waals surface area contributed by atoms with Gasteiger partial charge in [0.1, 0.15) is 11.5 Å². The lowest BCUT2D eigenvalue weighted by Gasteiger charge is -2.04. The summed E-state index contributed by atoms with van der Waals surface area (Å²) in [5.74, 6) is 0.435. The van der Waals surface area contributed by atoms with Crippen molar-refractivity contribution < 1.29 is 4.39 Å². The zero-order valence-electron chi connectivity index (χ0n) is 12.9. The van der Waals surface area contributed by atoms with E-state index in [4.69, 9.17) is 5.73 Å². The summed E-state index contributed by atoms with van der Waals surface area (Å²) in [4.78, 5) is 8.59. The fourth-order valence-corrected chi connectivity index (χ4v) is 2.57. The Balaban J connectivity index is 1.87. The fraction of sp³-hybridized carbons (Fsp3) is 0.125. The second kappa shape index (κ2) is 5.41. The number of anilines is 1. The van der Waals surface area contributed by atoms with Crippen LogP contribution in [0.15, 0.2) is 42.6 Å². The highest BCUT2D eigenvalue weighted by Gasteiger charge is 2.18. The van der Waals surface area contributed by atoms with Gasteiger partial charge in [-0.3, -0.25) is 0 Å². The number of aromatic nitrogens is 6. The summed E-state index contributed by atoms with van der Waals surface area (Å²) in [6, 6.07) is 10.3. The van der Waals surface area contributed by atoms with Crippen molar-refractivity contribution in [2.45, 2.75) is 6.54 Å². The normalized spacial score (nSPS) is 11.2. The van der Waals surface area contributed by atoms with Crippen molar-refractivity contribution in [3.05, 3.63) is 54.0 Å². The Labute approximate surface area is 136 Å². The number of nitrogens with two attached hydrogens (primary N) is 1. The molecule has 0 unspecified atom stereocenters. The summed E-state index contributed by atoms with van der Waals surface area (Å²) in [5.41, 5.74) is 7.51. The van der Waals surface area contributed by atoms with Crippen molar-refractivity contribution in [1.82, 2.24) is 29.5 Å². The predicted octanol–water partition coefficient (Wildman–Crippen LogP) is 2.00. The highest BCUT2D eigenvalue weighted by atomic mass is 19.1. The standard InChI is InChI=1S/C16H14FN7/c1-23-16(18)20-14(22-23)13-11-6-4-8-19-15(11)24(21-13)9-10-5-2-3-7-12(10)17/h2-8H,9H2,1H3,(H2,18,20,22). The van der Waals surface area contributed by atoms with Crippen LogP contribution in [0.25, 0.3) is 22.6 Å². The molecule has 0 fully saturated rings. The maximum Gasteiger partial charge on any atom is 0.218 e. The molecule has 0 saturated carbocycles. The summed E-state index contributed by atoms with van der Waals surface area (Å²) in [7, 11) is 1.71. The Hall–Kier alpha value is -3.29. The number of halogens is 1. The van der Waals surface area contributed by atoms with Gasteiger partial charge in [-0.1, -0.05) is 18.2 Å². The van der Waals surface area contributed by atoms with Gasteiger partial charge in [-0.15, -0.1) is 5.10 Å². The number of hydrogen-bond donors (Lipinski definition) is 1. The summed E-state index contributed by atoms with van der Waals surface area (Å²) >= 11 is 0. The minimum absolute atomic E-state index is 0.266. The van der Waals surface area contributed by atoms with E-state index in [1.807, 2.05) is 12.1 Å². The molecule has 0 amide bonds. The van der Waals surface area contributed by atoms with E-state index in [0.717, 1.165) is 5.39 Å². The number of benzene rings is 1.